The zero-order chi connectivity index (χ0) is 17.6. The number of carbonyl (C=O) groups excluding carboxylic acids is 1. The second-order valence-electron chi connectivity index (χ2n) is 4.93. The Bertz CT molecular complexity index is 657. The minimum Gasteiger partial charge on any atom is -0.384 e. The largest absolute Gasteiger partial charge is 0.384 e. The van der Waals surface area contributed by atoms with Gasteiger partial charge in [-0.3, -0.25) is 4.79 Å². The summed E-state index contributed by atoms with van der Waals surface area (Å²) in [6.45, 7) is 4.18. The smallest absolute Gasteiger partial charge is 0.341 e. The van der Waals surface area contributed by atoms with E-state index in [-0.39, 0.29) is 18.1 Å². The lowest BCUT2D eigenvalue weighted by Gasteiger charge is -2.16. The number of rotatable bonds is 8. The number of carbonyl (C=O) groups is 1. The first kappa shape index (κ1) is 22.6. The molecule has 1 aromatic rings. The molecule has 24 heavy (non-hydrogen) atoms. The standard InChI is InChI=1S/C14H21F2N3O3S.ClH/c1-3-5-10(17)13(20)19-12-8-9(23(21,22)14(15)16)6-7-11(12)18-4-2;/h6-8,10,14,18H,3-5,17H2,1-2H3,(H,19,20);1H. The van der Waals surface area contributed by atoms with Gasteiger partial charge in [-0.05, 0) is 31.5 Å². The molecule has 1 atom stereocenters. The summed E-state index contributed by atoms with van der Waals surface area (Å²) in [5.41, 5.74) is 6.23. The van der Waals surface area contributed by atoms with Crippen LogP contribution in [-0.2, 0) is 14.6 Å². The highest BCUT2D eigenvalue weighted by Crippen LogP contribution is 2.28. The van der Waals surface area contributed by atoms with Gasteiger partial charge in [0.25, 0.3) is 0 Å². The second-order valence-corrected chi connectivity index (χ2v) is 6.85. The SMILES string of the molecule is CCCC(N)C(=O)Nc1cc(S(=O)(=O)C(F)F)ccc1NCC.Cl. The number of benzene rings is 1. The Morgan fingerprint density at radius 2 is 1.88 bits per heavy atom. The van der Waals surface area contributed by atoms with Crippen LogP contribution in [-0.4, -0.2) is 32.7 Å². The predicted molar refractivity (Wildman–Crippen MR) is 92.6 cm³/mol. The zero-order valence-corrected chi connectivity index (χ0v) is 15.0. The maximum Gasteiger partial charge on any atom is 0.341 e. The molecule has 0 fully saturated rings. The molecule has 138 valence electrons. The van der Waals surface area contributed by atoms with Gasteiger partial charge in [-0.15, -0.1) is 12.4 Å². The summed E-state index contributed by atoms with van der Waals surface area (Å²) in [5, 5.41) is 5.42. The molecule has 0 heterocycles. The van der Waals surface area contributed by atoms with Crippen molar-refractivity contribution in [2.24, 2.45) is 5.73 Å². The van der Waals surface area contributed by atoms with Crippen molar-refractivity contribution in [1.82, 2.24) is 0 Å². The molecule has 1 unspecified atom stereocenters. The summed E-state index contributed by atoms with van der Waals surface area (Å²) in [4.78, 5) is 11.4. The molecule has 0 radical (unpaired) electrons. The molecule has 0 saturated heterocycles. The van der Waals surface area contributed by atoms with Gasteiger partial charge in [0.2, 0.25) is 15.7 Å². The molecule has 0 aliphatic heterocycles. The highest BCUT2D eigenvalue weighted by atomic mass is 35.5. The van der Waals surface area contributed by atoms with Crippen LogP contribution < -0.4 is 16.4 Å². The number of halogens is 3. The number of anilines is 2. The molecular formula is C14H22ClF2N3O3S. The molecule has 10 heteroatoms. The van der Waals surface area contributed by atoms with E-state index in [4.69, 9.17) is 5.73 Å². The van der Waals surface area contributed by atoms with Crippen LogP contribution in [0.3, 0.4) is 0 Å². The molecular weight excluding hydrogens is 364 g/mol. The van der Waals surface area contributed by atoms with Crippen LogP contribution >= 0.6 is 12.4 Å². The topological polar surface area (TPSA) is 101 Å². The van der Waals surface area contributed by atoms with E-state index in [1.54, 1.807) is 6.92 Å². The van der Waals surface area contributed by atoms with E-state index in [1.807, 2.05) is 6.92 Å². The number of sulfone groups is 1. The summed E-state index contributed by atoms with van der Waals surface area (Å²) in [6.07, 6.45) is 1.16. The van der Waals surface area contributed by atoms with Crippen LogP contribution in [0.2, 0.25) is 0 Å². The maximum atomic E-state index is 12.7. The third-order valence-electron chi connectivity index (χ3n) is 3.12. The Kier molecular flexibility index (Phi) is 9.16. The van der Waals surface area contributed by atoms with Gasteiger partial charge in [0.1, 0.15) is 0 Å². The van der Waals surface area contributed by atoms with Crippen LogP contribution in [0.4, 0.5) is 20.2 Å². The number of hydrogen-bond acceptors (Lipinski definition) is 5. The average molecular weight is 386 g/mol. The molecule has 0 bridgehead atoms. The Balaban J connectivity index is 0.00000529. The highest BCUT2D eigenvalue weighted by molar-refractivity contribution is 7.91. The summed E-state index contributed by atoms with van der Waals surface area (Å²) < 4.78 is 48.5. The normalized spacial score (nSPS) is 12.4. The van der Waals surface area contributed by atoms with Crippen LogP contribution in [0.15, 0.2) is 23.1 Å². The second kappa shape index (κ2) is 9.75. The summed E-state index contributed by atoms with van der Waals surface area (Å²) in [6, 6.07) is 2.65. The molecule has 1 aromatic carbocycles. The minimum atomic E-state index is -4.74. The predicted octanol–water partition coefficient (Wildman–Crippen LogP) is 2.60. The monoisotopic (exact) mass is 385 g/mol. The van der Waals surface area contributed by atoms with Crippen molar-refractivity contribution in [1.29, 1.82) is 0 Å². The molecule has 0 aliphatic carbocycles. The zero-order valence-electron chi connectivity index (χ0n) is 13.4. The Morgan fingerprint density at radius 1 is 1.25 bits per heavy atom. The Labute approximate surface area is 146 Å². The lowest BCUT2D eigenvalue weighted by Crippen LogP contribution is -2.35. The van der Waals surface area contributed by atoms with E-state index in [1.165, 1.54) is 6.07 Å². The Morgan fingerprint density at radius 3 is 2.38 bits per heavy atom. The molecule has 6 nitrogen and oxygen atoms in total. The van der Waals surface area contributed by atoms with Crippen LogP contribution in [0, 0.1) is 0 Å². The van der Waals surface area contributed by atoms with Crippen molar-refractivity contribution in [3.63, 3.8) is 0 Å². The summed E-state index contributed by atoms with van der Waals surface area (Å²) >= 11 is 0. The van der Waals surface area contributed by atoms with E-state index >= 15 is 0 Å². The third-order valence-corrected chi connectivity index (χ3v) is 4.50. The highest BCUT2D eigenvalue weighted by Gasteiger charge is 2.27. The van der Waals surface area contributed by atoms with Gasteiger partial charge < -0.3 is 16.4 Å². The van der Waals surface area contributed by atoms with Crippen molar-refractivity contribution in [3.8, 4) is 0 Å². The number of hydrogen-bond donors (Lipinski definition) is 3. The first-order valence-corrected chi connectivity index (χ1v) is 8.75. The fraction of sp³-hybridized carbons (Fsp3) is 0.500. The van der Waals surface area contributed by atoms with Crippen LogP contribution in [0.1, 0.15) is 26.7 Å². The van der Waals surface area contributed by atoms with Crippen molar-refractivity contribution in [3.05, 3.63) is 18.2 Å². The van der Waals surface area contributed by atoms with Gasteiger partial charge in [0.15, 0.2) is 0 Å². The maximum absolute atomic E-state index is 12.7. The lowest BCUT2D eigenvalue weighted by atomic mass is 10.1. The average Bonchev–Trinajstić information content (AvgIpc) is 2.49. The lowest BCUT2D eigenvalue weighted by molar-refractivity contribution is -0.117. The van der Waals surface area contributed by atoms with Gasteiger partial charge >= 0.3 is 5.76 Å². The van der Waals surface area contributed by atoms with E-state index in [2.05, 4.69) is 10.6 Å². The number of nitrogens with one attached hydrogen (secondary N) is 2. The van der Waals surface area contributed by atoms with E-state index in [9.17, 15) is 22.0 Å². The molecule has 0 spiro atoms. The van der Waals surface area contributed by atoms with Crippen molar-refractivity contribution >= 4 is 39.5 Å². The fourth-order valence-corrected chi connectivity index (χ4v) is 2.66. The first-order valence-electron chi connectivity index (χ1n) is 7.20. The third kappa shape index (κ3) is 5.57. The molecule has 0 aliphatic rings. The summed E-state index contributed by atoms with van der Waals surface area (Å²) in [7, 11) is -4.74. The molecule has 0 aromatic heterocycles. The van der Waals surface area contributed by atoms with E-state index < -0.39 is 32.4 Å². The summed E-state index contributed by atoms with van der Waals surface area (Å²) in [5.74, 6) is -4.03. The Hall–Kier alpha value is -1.45. The van der Waals surface area contributed by atoms with E-state index in [0.29, 0.717) is 25.1 Å². The van der Waals surface area contributed by atoms with Crippen LogP contribution in [0.25, 0.3) is 0 Å². The van der Waals surface area contributed by atoms with Gasteiger partial charge in [-0.25, -0.2) is 8.42 Å². The number of nitrogens with two attached hydrogens (primary N) is 1. The number of alkyl halides is 2. The van der Waals surface area contributed by atoms with Crippen molar-refractivity contribution in [2.75, 3.05) is 17.2 Å². The van der Waals surface area contributed by atoms with Crippen molar-refractivity contribution < 1.29 is 22.0 Å². The van der Waals surface area contributed by atoms with Gasteiger partial charge in [-0.1, -0.05) is 13.3 Å². The van der Waals surface area contributed by atoms with Gasteiger partial charge in [0, 0.05) is 6.54 Å². The van der Waals surface area contributed by atoms with E-state index in [0.717, 1.165) is 12.1 Å². The fourth-order valence-electron chi connectivity index (χ4n) is 1.92. The van der Waals surface area contributed by atoms with Crippen molar-refractivity contribution in [2.45, 2.75) is 43.4 Å². The number of amides is 1. The molecule has 0 saturated carbocycles. The van der Waals surface area contributed by atoms with Gasteiger partial charge in [-0.2, -0.15) is 8.78 Å². The molecule has 1 rings (SSSR count). The minimum absolute atomic E-state index is 0. The molecule has 4 N–H and O–H groups in total. The van der Waals surface area contributed by atoms with Gasteiger partial charge in [0.05, 0.1) is 22.3 Å². The quantitative estimate of drug-likeness (QED) is 0.638. The molecule has 1 amide bonds. The van der Waals surface area contributed by atoms with Crippen LogP contribution in [0.5, 0.6) is 0 Å². The first-order chi connectivity index (χ1) is 10.7.